The van der Waals surface area contributed by atoms with Gasteiger partial charge in [0.15, 0.2) is 11.0 Å². The maximum atomic E-state index is 12.6. The number of piperidine rings is 1. The van der Waals surface area contributed by atoms with Gasteiger partial charge in [-0.3, -0.25) is 4.79 Å². The van der Waals surface area contributed by atoms with Crippen LogP contribution in [-0.4, -0.2) is 36.3 Å². The number of benzene rings is 1. The van der Waals surface area contributed by atoms with Gasteiger partial charge in [0.05, 0.1) is 13.0 Å². The Morgan fingerprint density at radius 1 is 1.32 bits per heavy atom. The SMILES string of the molecule is COc1ccccc1CNC(=O)C1CCCN(c2ccc(Cl)nn2)C1. The van der Waals surface area contributed by atoms with Crippen molar-refractivity contribution in [1.29, 1.82) is 0 Å². The second kappa shape index (κ2) is 8.16. The van der Waals surface area contributed by atoms with Crippen molar-refractivity contribution in [2.24, 2.45) is 5.92 Å². The summed E-state index contributed by atoms with van der Waals surface area (Å²) < 4.78 is 5.32. The molecular weight excluding hydrogens is 340 g/mol. The van der Waals surface area contributed by atoms with Crippen molar-refractivity contribution in [3.05, 3.63) is 47.1 Å². The molecule has 7 heteroatoms. The lowest BCUT2D eigenvalue weighted by Gasteiger charge is -2.32. The van der Waals surface area contributed by atoms with E-state index in [0.717, 1.165) is 36.5 Å². The van der Waals surface area contributed by atoms with E-state index < -0.39 is 0 Å². The van der Waals surface area contributed by atoms with E-state index in [1.54, 1.807) is 13.2 Å². The van der Waals surface area contributed by atoms with Crippen molar-refractivity contribution >= 4 is 23.3 Å². The van der Waals surface area contributed by atoms with Gasteiger partial charge >= 0.3 is 0 Å². The minimum atomic E-state index is -0.0686. The van der Waals surface area contributed by atoms with Gasteiger partial charge in [-0.05, 0) is 31.0 Å². The predicted octanol–water partition coefficient (Wildman–Crippen LogP) is 2.67. The van der Waals surface area contributed by atoms with E-state index >= 15 is 0 Å². The molecule has 1 aliphatic rings. The number of nitrogens with one attached hydrogen (secondary N) is 1. The molecule has 0 radical (unpaired) electrons. The van der Waals surface area contributed by atoms with E-state index in [1.165, 1.54) is 0 Å². The molecule has 1 aromatic heterocycles. The highest BCUT2D eigenvalue weighted by Gasteiger charge is 2.26. The summed E-state index contributed by atoms with van der Waals surface area (Å²) in [5.74, 6) is 1.52. The van der Waals surface area contributed by atoms with E-state index in [4.69, 9.17) is 16.3 Å². The summed E-state index contributed by atoms with van der Waals surface area (Å²) >= 11 is 5.79. The van der Waals surface area contributed by atoms with Crippen LogP contribution in [0.15, 0.2) is 36.4 Å². The number of carbonyl (C=O) groups is 1. The molecule has 0 saturated carbocycles. The molecule has 1 atom stereocenters. The number of aromatic nitrogens is 2. The molecule has 1 amide bonds. The molecular formula is C18H21ClN4O2. The Kier molecular flexibility index (Phi) is 5.71. The van der Waals surface area contributed by atoms with Gasteiger partial charge in [0, 0.05) is 25.2 Å². The fourth-order valence-electron chi connectivity index (χ4n) is 3.05. The number of methoxy groups -OCH3 is 1. The molecule has 1 N–H and O–H groups in total. The average molecular weight is 361 g/mol. The van der Waals surface area contributed by atoms with Gasteiger partial charge in [0.2, 0.25) is 5.91 Å². The molecule has 1 unspecified atom stereocenters. The second-order valence-electron chi connectivity index (χ2n) is 6.03. The average Bonchev–Trinajstić information content (AvgIpc) is 2.67. The Morgan fingerprint density at radius 3 is 2.92 bits per heavy atom. The second-order valence-corrected chi connectivity index (χ2v) is 6.42. The van der Waals surface area contributed by atoms with Gasteiger partial charge in [0.1, 0.15) is 5.75 Å². The molecule has 1 aromatic carbocycles. The van der Waals surface area contributed by atoms with Crippen LogP contribution in [-0.2, 0) is 11.3 Å². The Hall–Kier alpha value is -2.34. The van der Waals surface area contributed by atoms with Gasteiger partial charge in [-0.2, -0.15) is 0 Å². The molecule has 2 heterocycles. The van der Waals surface area contributed by atoms with Crippen molar-refractivity contribution in [2.45, 2.75) is 19.4 Å². The molecule has 132 valence electrons. The summed E-state index contributed by atoms with van der Waals surface area (Å²) in [6, 6.07) is 11.3. The zero-order valence-electron chi connectivity index (χ0n) is 14.1. The quantitative estimate of drug-likeness (QED) is 0.887. The van der Waals surface area contributed by atoms with E-state index in [-0.39, 0.29) is 11.8 Å². The summed E-state index contributed by atoms with van der Waals surface area (Å²) in [7, 11) is 1.63. The zero-order valence-corrected chi connectivity index (χ0v) is 14.9. The highest BCUT2D eigenvalue weighted by molar-refractivity contribution is 6.29. The first-order valence-corrected chi connectivity index (χ1v) is 8.69. The molecule has 1 saturated heterocycles. The van der Waals surface area contributed by atoms with Crippen LogP contribution >= 0.6 is 11.6 Å². The normalized spacial score (nSPS) is 17.2. The van der Waals surface area contributed by atoms with Gasteiger partial charge in [0.25, 0.3) is 0 Å². The van der Waals surface area contributed by atoms with Gasteiger partial charge in [-0.25, -0.2) is 0 Å². The monoisotopic (exact) mass is 360 g/mol. The first-order valence-electron chi connectivity index (χ1n) is 8.31. The maximum Gasteiger partial charge on any atom is 0.225 e. The Labute approximate surface area is 152 Å². The minimum absolute atomic E-state index is 0.0533. The standard InChI is InChI=1S/C18H21ClN4O2/c1-25-15-7-3-2-5-13(15)11-20-18(24)14-6-4-10-23(12-14)17-9-8-16(19)21-22-17/h2-3,5,7-9,14H,4,6,10-12H2,1H3,(H,20,24). The molecule has 1 aliphatic heterocycles. The third-order valence-corrected chi connectivity index (χ3v) is 4.58. The number of anilines is 1. The van der Waals surface area contributed by atoms with Crippen LogP contribution < -0.4 is 15.0 Å². The van der Waals surface area contributed by atoms with Gasteiger partial charge in [-0.15, -0.1) is 10.2 Å². The molecule has 0 aliphatic carbocycles. The summed E-state index contributed by atoms with van der Waals surface area (Å²) in [6.07, 6.45) is 1.81. The predicted molar refractivity (Wildman–Crippen MR) is 96.8 cm³/mol. The van der Waals surface area contributed by atoms with E-state index in [2.05, 4.69) is 20.4 Å². The lowest BCUT2D eigenvalue weighted by Crippen LogP contribution is -2.43. The van der Waals surface area contributed by atoms with Crippen molar-refractivity contribution in [1.82, 2.24) is 15.5 Å². The number of amides is 1. The lowest BCUT2D eigenvalue weighted by molar-refractivity contribution is -0.125. The fraction of sp³-hybridized carbons (Fsp3) is 0.389. The molecule has 6 nitrogen and oxygen atoms in total. The Bertz CT molecular complexity index is 723. The van der Waals surface area contributed by atoms with Crippen LogP contribution in [0.25, 0.3) is 0 Å². The molecule has 25 heavy (non-hydrogen) atoms. The zero-order chi connectivity index (χ0) is 17.6. The van der Waals surface area contributed by atoms with Crippen LogP contribution in [0.2, 0.25) is 5.15 Å². The Morgan fingerprint density at radius 2 is 2.16 bits per heavy atom. The third-order valence-electron chi connectivity index (χ3n) is 4.38. The van der Waals surface area contributed by atoms with E-state index in [1.807, 2.05) is 30.3 Å². The lowest BCUT2D eigenvalue weighted by atomic mass is 9.97. The number of ether oxygens (including phenoxy) is 1. The maximum absolute atomic E-state index is 12.6. The molecule has 0 bridgehead atoms. The highest BCUT2D eigenvalue weighted by atomic mass is 35.5. The van der Waals surface area contributed by atoms with Crippen LogP contribution in [0, 0.1) is 5.92 Å². The highest BCUT2D eigenvalue weighted by Crippen LogP contribution is 2.22. The first kappa shape index (κ1) is 17.5. The van der Waals surface area contributed by atoms with Crippen LogP contribution in [0.3, 0.4) is 0 Å². The fourth-order valence-corrected chi connectivity index (χ4v) is 3.15. The summed E-state index contributed by atoms with van der Waals surface area (Å²) in [6.45, 7) is 1.96. The number of para-hydroxylation sites is 1. The topological polar surface area (TPSA) is 67.3 Å². The smallest absolute Gasteiger partial charge is 0.225 e. The number of hydrogen-bond acceptors (Lipinski definition) is 5. The number of halogens is 1. The summed E-state index contributed by atoms with van der Waals surface area (Å²) in [4.78, 5) is 14.6. The first-order chi connectivity index (χ1) is 12.2. The van der Waals surface area contributed by atoms with Crippen molar-refractivity contribution in [3.8, 4) is 5.75 Å². The van der Waals surface area contributed by atoms with Gasteiger partial charge in [-0.1, -0.05) is 29.8 Å². The van der Waals surface area contributed by atoms with Crippen LogP contribution in [0.5, 0.6) is 5.75 Å². The summed E-state index contributed by atoms with van der Waals surface area (Å²) in [5, 5.41) is 11.4. The number of carbonyl (C=O) groups excluding carboxylic acids is 1. The van der Waals surface area contributed by atoms with Gasteiger partial charge < -0.3 is 15.0 Å². The molecule has 0 spiro atoms. The van der Waals surface area contributed by atoms with E-state index in [9.17, 15) is 4.79 Å². The summed E-state index contributed by atoms with van der Waals surface area (Å²) in [5.41, 5.74) is 0.967. The van der Waals surface area contributed by atoms with Crippen molar-refractivity contribution in [3.63, 3.8) is 0 Å². The molecule has 3 rings (SSSR count). The number of hydrogen-bond donors (Lipinski definition) is 1. The van der Waals surface area contributed by atoms with E-state index in [0.29, 0.717) is 18.2 Å². The molecule has 1 fully saturated rings. The molecule has 2 aromatic rings. The Balaban J connectivity index is 1.59. The van der Waals surface area contributed by atoms with Crippen molar-refractivity contribution < 1.29 is 9.53 Å². The van der Waals surface area contributed by atoms with Crippen LogP contribution in [0.1, 0.15) is 18.4 Å². The largest absolute Gasteiger partial charge is 0.496 e. The number of rotatable bonds is 5. The van der Waals surface area contributed by atoms with Crippen LogP contribution in [0.4, 0.5) is 5.82 Å². The minimum Gasteiger partial charge on any atom is -0.496 e. The van der Waals surface area contributed by atoms with Crippen molar-refractivity contribution in [2.75, 3.05) is 25.1 Å². The third kappa shape index (κ3) is 4.39. The number of nitrogens with zero attached hydrogens (tertiary/aromatic N) is 3.